The Morgan fingerprint density at radius 2 is 1.93 bits per heavy atom. The van der Waals surface area contributed by atoms with E-state index in [0.717, 1.165) is 0 Å². The van der Waals surface area contributed by atoms with Crippen LogP contribution in [0.25, 0.3) is 6.08 Å². The van der Waals surface area contributed by atoms with Gasteiger partial charge < -0.3 is 19.5 Å². The summed E-state index contributed by atoms with van der Waals surface area (Å²) in [4.78, 5) is 28.1. The van der Waals surface area contributed by atoms with Crippen molar-refractivity contribution in [2.75, 3.05) is 12.4 Å². The molecule has 1 aromatic heterocycles. The second-order valence-corrected chi connectivity index (χ2v) is 6.68. The fourth-order valence-electron chi connectivity index (χ4n) is 2.28. The molecule has 0 bridgehead atoms. The molecule has 0 aliphatic rings. The van der Waals surface area contributed by atoms with E-state index in [1.54, 1.807) is 43.5 Å². The number of anilines is 1. The van der Waals surface area contributed by atoms with Crippen LogP contribution in [-0.2, 0) is 14.3 Å². The molecule has 0 fully saturated rings. The van der Waals surface area contributed by atoms with Crippen molar-refractivity contribution in [1.82, 2.24) is 4.98 Å². The molecule has 1 atom stereocenters. The van der Waals surface area contributed by atoms with Gasteiger partial charge >= 0.3 is 5.97 Å². The maximum atomic E-state index is 12.2. The van der Waals surface area contributed by atoms with Gasteiger partial charge in [0, 0.05) is 12.3 Å². The van der Waals surface area contributed by atoms with Crippen LogP contribution < -0.4 is 14.8 Å². The second kappa shape index (κ2) is 10.5. The number of nitrogens with one attached hydrogen (secondary N) is 1. The van der Waals surface area contributed by atoms with Crippen molar-refractivity contribution < 1.29 is 23.8 Å². The molecule has 0 aliphatic heterocycles. The highest BCUT2D eigenvalue weighted by molar-refractivity contribution is 6.32. The number of amides is 1. The molecule has 29 heavy (non-hydrogen) atoms. The molecule has 7 nitrogen and oxygen atoms in total. The summed E-state index contributed by atoms with van der Waals surface area (Å²) in [5.74, 6) is -0.0122. The van der Waals surface area contributed by atoms with Crippen LogP contribution in [0.2, 0.25) is 5.15 Å². The predicted molar refractivity (Wildman–Crippen MR) is 111 cm³/mol. The molecule has 2 aromatic rings. The third-order valence-corrected chi connectivity index (χ3v) is 3.94. The molecule has 1 heterocycles. The number of carbonyl (C=O) groups is 2. The summed E-state index contributed by atoms with van der Waals surface area (Å²) in [5, 5.41) is 2.71. The van der Waals surface area contributed by atoms with E-state index in [1.165, 1.54) is 19.2 Å². The van der Waals surface area contributed by atoms with Crippen molar-refractivity contribution in [3.8, 4) is 11.5 Å². The summed E-state index contributed by atoms with van der Waals surface area (Å²) >= 11 is 5.90. The highest BCUT2D eigenvalue weighted by atomic mass is 35.5. The third-order valence-electron chi connectivity index (χ3n) is 3.64. The molecule has 1 unspecified atom stereocenters. The Morgan fingerprint density at radius 3 is 2.59 bits per heavy atom. The van der Waals surface area contributed by atoms with Gasteiger partial charge in [0.2, 0.25) is 0 Å². The molecule has 0 saturated carbocycles. The average molecular weight is 419 g/mol. The first kappa shape index (κ1) is 22.2. The number of hydrogen-bond acceptors (Lipinski definition) is 6. The minimum absolute atomic E-state index is 0.00875. The van der Waals surface area contributed by atoms with Gasteiger partial charge in [-0.3, -0.25) is 4.79 Å². The van der Waals surface area contributed by atoms with Crippen molar-refractivity contribution in [2.24, 2.45) is 0 Å². The first-order valence-electron chi connectivity index (χ1n) is 8.95. The molecular formula is C21H23ClN2O5. The van der Waals surface area contributed by atoms with Crippen molar-refractivity contribution in [1.29, 1.82) is 0 Å². The number of carbonyl (C=O) groups excluding carboxylic acids is 2. The topological polar surface area (TPSA) is 86.8 Å². The molecular weight excluding hydrogens is 396 g/mol. The van der Waals surface area contributed by atoms with Gasteiger partial charge in [-0.2, -0.15) is 0 Å². The minimum atomic E-state index is -1.01. The van der Waals surface area contributed by atoms with Gasteiger partial charge in [-0.1, -0.05) is 17.7 Å². The minimum Gasteiger partial charge on any atom is -0.493 e. The van der Waals surface area contributed by atoms with Gasteiger partial charge in [0.1, 0.15) is 0 Å². The van der Waals surface area contributed by atoms with Gasteiger partial charge in [0.05, 0.1) is 18.9 Å². The molecule has 1 N–H and O–H groups in total. The Morgan fingerprint density at radius 1 is 1.17 bits per heavy atom. The lowest BCUT2D eigenvalue weighted by molar-refractivity contribution is -0.148. The largest absolute Gasteiger partial charge is 0.493 e. The number of benzene rings is 1. The lowest BCUT2D eigenvalue weighted by Crippen LogP contribution is -2.29. The zero-order chi connectivity index (χ0) is 21.4. The lowest BCUT2D eigenvalue weighted by atomic mass is 10.2. The summed E-state index contributed by atoms with van der Waals surface area (Å²) in [6.45, 7) is 5.30. The number of halogens is 1. The SMILES string of the molecule is COc1cc(C=CC(=O)OC(C)C(=O)Nc2cccnc2Cl)ccc1OC(C)C. The number of ether oxygens (including phenoxy) is 3. The van der Waals surface area contributed by atoms with E-state index in [9.17, 15) is 9.59 Å². The Balaban J connectivity index is 1.96. The lowest BCUT2D eigenvalue weighted by Gasteiger charge is -2.14. The highest BCUT2D eigenvalue weighted by Gasteiger charge is 2.18. The Hall–Kier alpha value is -3.06. The van der Waals surface area contributed by atoms with Crippen molar-refractivity contribution in [3.05, 3.63) is 53.3 Å². The van der Waals surface area contributed by atoms with Crippen LogP contribution in [0.15, 0.2) is 42.6 Å². The van der Waals surface area contributed by atoms with E-state index < -0.39 is 18.0 Å². The van der Waals surface area contributed by atoms with Gasteiger partial charge in [-0.15, -0.1) is 0 Å². The molecule has 0 aliphatic carbocycles. The van der Waals surface area contributed by atoms with Crippen molar-refractivity contribution in [3.63, 3.8) is 0 Å². The normalized spacial score (nSPS) is 11.9. The molecule has 0 saturated heterocycles. The Kier molecular flexibility index (Phi) is 8.03. The number of hydrogen-bond donors (Lipinski definition) is 1. The Labute approximate surface area is 174 Å². The van der Waals surface area contributed by atoms with Crippen LogP contribution in [0.5, 0.6) is 11.5 Å². The number of pyridine rings is 1. The quantitative estimate of drug-likeness (QED) is 0.394. The molecule has 154 valence electrons. The summed E-state index contributed by atoms with van der Waals surface area (Å²) in [6.07, 6.45) is 3.29. The predicted octanol–water partition coefficient (Wildman–Crippen LogP) is 4.11. The van der Waals surface area contributed by atoms with Gasteiger partial charge in [-0.25, -0.2) is 9.78 Å². The maximum absolute atomic E-state index is 12.2. The fraction of sp³-hybridized carbons (Fsp3) is 0.286. The number of nitrogens with zero attached hydrogens (tertiary/aromatic N) is 1. The standard InChI is InChI=1S/C21H23ClN2O5/c1-13(2)28-17-9-7-15(12-18(17)27-4)8-10-19(25)29-14(3)21(26)24-16-6-5-11-23-20(16)22/h5-14H,1-4H3,(H,24,26). The highest BCUT2D eigenvalue weighted by Crippen LogP contribution is 2.29. The van der Waals surface area contributed by atoms with Crippen LogP contribution in [0.4, 0.5) is 5.69 Å². The van der Waals surface area contributed by atoms with Crippen LogP contribution in [0.1, 0.15) is 26.3 Å². The zero-order valence-corrected chi connectivity index (χ0v) is 17.4. The van der Waals surface area contributed by atoms with Crippen LogP contribution in [0, 0.1) is 0 Å². The number of aromatic nitrogens is 1. The molecule has 0 radical (unpaired) electrons. The van der Waals surface area contributed by atoms with Crippen LogP contribution in [-0.4, -0.2) is 36.2 Å². The smallest absolute Gasteiger partial charge is 0.331 e. The number of methoxy groups -OCH3 is 1. The van der Waals surface area contributed by atoms with E-state index in [4.69, 9.17) is 25.8 Å². The van der Waals surface area contributed by atoms with E-state index in [0.29, 0.717) is 22.7 Å². The molecule has 1 amide bonds. The van der Waals surface area contributed by atoms with Gasteiger partial charge in [-0.05, 0) is 56.7 Å². The number of esters is 1. The second-order valence-electron chi connectivity index (χ2n) is 6.32. The van der Waals surface area contributed by atoms with E-state index in [2.05, 4.69) is 10.3 Å². The zero-order valence-electron chi connectivity index (χ0n) is 16.6. The van der Waals surface area contributed by atoms with E-state index in [1.807, 2.05) is 13.8 Å². The number of rotatable bonds is 8. The molecule has 8 heteroatoms. The van der Waals surface area contributed by atoms with Crippen molar-refractivity contribution in [2.45, 2.75) is 33.0 Å². The van der Waals surface area contributed by atoms with Gasteiger partial charge in [0.15, 0.2) is 22.8 Å². The van der Waals surface area contributed by atoms with Crippen LogP contribution in [0.3, 0.4) is 0 Å². The fourth-order valence-corrected chi connectivity index (χ4v) is 2.45. The Bertz CT molecular complexity index is 898. The van der Waals surface area contributed by atoms with E-state index >= 15 is 0 Å². The van der Waals surface area contributed by atoms with Gasteiger partial charge in [0.25, 0.3) is 5.91 Å². The summed E-state index contributed by atoms with van der Waals surface area (Å²) in [6, 6.07) is 8.51. The third kappa shape index (κ3) is 6.80. The maximum Gasteiger partial charge on any atom is 0.331 e. The monoisotopic (exact) mass is 418 g/mol. The summed E-state index contributed by atoms with van der Waals surface area (Å²) in [7, 11) is 1.54. The van der Waals surface area contributed by atoms with E-state index in [-0.39, 0.29) is 11.3 Å². The summed E-state index contributed by atoms with van der Waals surface area (Å²) < 4.78 is 16.1. The first-order valence-corrected chi connectivity index (χ1v) is 9.32. The molecule has 1 aromatic carbocycles. The van der Waals surface area contributed by atoms with Crippen molar-refractivity contribution >= 4 is 35.2 Å². The summed E-state index contributed by atoms with van der Waals surface area (Å²) in [5.41, 5.74) is 1.06. The average Bonchev–Trinajstić information content (AvgIpc) is 2.68. The first-order chi connectivity index (χ1) is 13.8. The molecule has 0 spiro atoms. The van der Waals surface area contributed by atoms with Crippen LogP contribution >= 0.6 is 11.6 Å². The molecule has 2 rings (SSSR count).